The predicted octanol–water partition coefficient (Wildman–Crippen LogP) is 1.59. The summed E-state index contributed by atoms with van der Waals surface area (Å²) in [7, 11) is 0. The molecule has 0 bridgehead atoms. The number of carbonyl (C=O) groups is 1. The molecule has 1 aliphatic carbocycles. The van der Waals surface area contributed by atoms with Crippen LogP contribution in [0.4, 0.5) is 0 Å². The summed E-state index contributed by atoms with van der Waals surface area (Å²) in [5.41, 5.74) is 5.40. The van der Waals surface area contributed by atoms with Gasteiger partial charge >= 0.3 is 0 Å². The fourth-order valence-corrected chi connectivity index (χ4v) is 2.40. The van der Waals surface area contributed by atoms with E-state index >= 15 is 0 Å². The second kappa shape index (κ2) is 6.73. The van der Waals surface area contributed by atoms with Crippen LogP contribution < -0.4 is 11.1 Å². The molecule has 1 atom stereocenters. The standard InChI is InChI=1S/C13H26N2O2.ClH/c1-12(2,3)8-10(16)9-15-11(17)13(14)6-4-5-7-13;/h10,16H,4-9,14H2,1-3H3,(H,15,17);1H. The Kier molecular flexibility index (Phi) is 6.61. The van der Waals surface area contributed by atoms with E-state index in [0.29, 0.717) is 13.0 Å². The smallest absolute Gasteiger partial charge is 0.240 e. The molecule has 0 aromatic carbocycles. The van der Waals surface area contributed by atoms with Gasteiger partial charge in [-0.1, -0.05) is 33.6 Å². The highest BCUT2D eigenvalue weighted by atomic mass is 35.5. The molecule has 1 aliphatic rings. The van der Waals surface area contributed by atoms with Gasteiger partial charge in [-0.15, -0.1) is 12.4 Å². The molecule has 1 saturated carbocycles. The summed E-state index contributed by atoms with van der Waals surface area (Å²) in [6, 6.07) is 0. The number of rotatable bonds is 4. The summed E-state index contributed by atoms with van der Waals surface area (Å²) in [5.74, 6) is -0.108. The van der Waals surface area contributed by atoms with Crippen LogP contribution in [0, 0.1) is 5.41 Å². The highest BCUT2D eigenvalue weighted by Gasteiger charge is 2.36. The number of hydrogen-bond donors (Lipinski definition) is 3. The third-order valence-corrected chi connectivity index (χ3v) is 3.29. The molecule has 108 valence electrons. The molecule has 4 N–H and O–H groups in total. The molecule has 0 aromatic rings. The Morgan fingerprint density at radius 1 is 1.39 bits per heavy atom. The van der Waals surface area contributed by atoms with Crippen molar-refractivity contribution in [3.05, 3.63) is 0 Å². The fraction of sp³-hybridized carbons (Fsp3) is 0.923. The van der Waals surface area contributed by atoms with E-state index in [4.69, 9.17) is 5.73 Å². The second-order valence-electron chi connectivity index (χ2n) is 6.49. The zero-order valence-corrected chi connectivity index (χ0v) is 12.5. The van der Waals surface area contributed by atoms with E-state index in [1.807, 2.05) is 0 Å². The first-order valence-corrected chi connectivity index (χ1v) is 6.48. The Bertz CT molecular complexity index is 271. The molecule has 1 fully saturated rings. The second-order valence-corrected chi connectivity index (χ2v) is 6.49. The number of halogens is 1. The topological polar surface area (TPSA) is 75.3 Å². The summed E-state index contributed by atoms with van der Waals surface area (Å²) in [6.07, 6.45) is 3.74. The molecule has 0 aromatic heterocycles. The Hall–Kier alpha value is -0.320. The molecule has 1 rings (SSSR count). The Morgan fingerprint density at radius 3 is 2.33 bits per heavy atom. The van der Waals surface area contributed by atoms with E-state index in [1.54, 1.807) is 0 Å². The Labute approximate surface area is 116 Å². The highest BCUT2D eigenvalue weighted by Crippen LogP contribution is 2.27. The first kappa shape index (κ1) is 17.7. The van der Waals surface area contributed by atoms with Crippen molar-refractivity contribution in [2.75, 3.05) is 6.54 Å². The molecule has 0 saturated heterocycles. The van der Waals surface area contributed by atoms with Crippen molar-refractivity contribution in [3.63, 3.8) is 0 Å². The Balaban J connectivity index is 0.00000289. The maximum absolute atomic E-state index is 11.9. The van der Waals surface area contributed by atoms with Gasteiger partial charge in [-0.25, -0.2) is 0 Å². The summed E-state index contributed by atoms with van der Waals surface area (Å²) < 4.78 is 0. The van der Waals surface area contributed by atoms with Crippen molar-refractivity contribution in [1.29, 1.82) is 0 Å². The molecule has 0 spiro atoms. The fourth-order valence-electron chi connectivity index (χ4n) is 2.40. The van der Waals surface area contributed by atoms with E-state index in [9.17, 15) is 9.90 Å². The molecule has 18 heavy (non-hydrogen) atoms. The van der Waals surface area contributed by atoms with Crippen molar-refractivity contribution < 1.29 is 9.90 Å². The normalized spacial score (nSPS) is 20.1. The third kappa shape index (κ3) is 5.55. The van der Waals surface area contributed by atoms with Crippen LogP contribution in [-0.4, -0.2) is 29.2 Å². The minimum atomic E-state index is -0.693. The average molecular weight is 279 g/mol. The zero-order valence-electron chi connectivity index (χ0n) is 11.7. The van der Waals surface area contributed by atoms with Gasteiger partial charge in [0.05, 0.1) is 11.6 Å². The minimum absolute atomic E-state index is 0. The predicted molar refractivity (Wildman–Crippen MR) is 75.7 cm³/mol. The lowest BCUT2D eigenvalue weighted by Gasteiger charge is -2.25. The molecule has 4 nitrogen and oxygen atoms in total. The Morgan fingerprint density at radius 2 is 1.89 bits per heavy atom. The van der Waals surface area contributed by atoms with Crippen molar-refractivity contribution >= 4 is 18.3 Å². The highest BCUT2D eigenvalue weighted by molar-refractivity contribution is 5.86. The van der Waals surface area contributed by atoms with Crippen LogP contribution in [0.3, 0.4) is 0 Å². The van der Waals surface area contributed by atoms with Gasteiger partial charge in [-0.3, -0.25) is 4.79 Å². The first-order chi connectivity index (χ1) is 7.73. The number of nitrogens with one attached hydrogen (secondary N) is 1. The SMILES string of the molecule is CC(C)(C)CC(O)CNC(=O)C1(N)CCCC1.Cl. The van der Waals surface area contributed by atoms with Gasteiger partial charge in [0.2, 0.25) is 5.91 Å². The monoisotopic (exact) mass is 278 g/mol. The van der Waals surface area contributed by atoms with Crippen molar-refractivity contribution in [3.8, 4) is 0 Å². The number of nitrogens with two attached hydrogens (primary N) is 1. The summed E-state index contributed by atoms with van der Waals surface area (Å²) in [5, 5.41) is 12.6. The van der Waals surface area contributed by atoms with Crippen LogP contribution in [0.5, 0.6) is 0 Å². The van der Waals surface area contributed by atoms with E-state index < -0.39 is 11.6 Å². The van der Waals surface area contributed by atoms with Crippen LogP contribution in [-0.2, 0) is 4.79 Å². The summed E-state index contributed by atoms with van der Waals surface area (Å²) in [6.45, 7) is 6.51. The van der Waals surface area contributed by atoms with Gasteiger partial charge in [-0.2, -0.15) is 0 Å². The van der Waals surface area contributed by atoms with Crippen LogP contribution in [0.25, 0.3) is 0 Å². The zero-order chi connectivity index (χ0) is 13.1. The molecule has 1 unspecified atom stereocenters. The number of hydrogen-bond acceptors (Lipinski definition) is 3. The molecule has 0 radical (unpaired) electrons. The number of aliphatic hydroxyl groups is 1. The number of amides is 1. The van der Waals surface area contributed by atoms with E-state index in [1.165, 1.54) is 0 Å². The molecule has 5 heteroatoms. The molecular weight excluding hydrogens is 252 g/mol. The number of carbonyl (C=O) groups excluding carboxylic acids is 1. The lowest BCUT2D eigenvalue weighted by Crippen LogP contribution is -2.53. The van der Waals surface area contributed by atoms with E-state index in [-0.39, 0.29) is 23.7 Å². The first-order valence-electron chi connectivity index (χ1n) is 6.48. The van der Waals surface area contributed by atoms with Crippen LogP contribution >= 0.6 is 12.4 Å². The van der Waals surface area contributed by atoms with Gasteiger partial charge in [0.15, 0.2) is 0 Å². The van der Waals surface area contributed by atoms with Gasteiger partial charge in [0.1, 0.15) is 0 Å². The van der Waals surface area contributed by atoms with E-state index in [2.05, 4.69) is 26.1 Å². The molecule has 0 heterocycles. The molecule has 0 aliphatic heterocycles. The quantitative estimate of drug-likeness (QED) is 0.731. The lowest BCUT2D eigenvalue weighted by atomic mass is 9.89. The largest absolute Gasteiger partial charge is 0.391 e. The van der Waals surface area contributed by atoms with Gasteiger partial charge in [0.25, 0.3) is 0 Å². The minimum Gasteiger partial charge on any atom is -0.391 e. The summed E-state index contributed by atoms with van der Waals surface area (Å²) in [4.78, 5) is 11.9. The molecule has 1 amide bonds. The third-order valence-electron chi connectivity index (χ3n) is 3.29. The summed E-state index contributed by atoms with van der Waals surface area (Å²) >= 11 is 0. The average Bonchev–Trinajstić information content (AvgIpc) is 2.60. The van der Waals surface area contributed by atoms with Gasteiger partial charge < -0.3 is 16.2 Å². The molecular formula is C13H27ClN2O2. The lowest BCUT2D eigenvalue weighted by molar-refractivity contribution is -0.126. The maximum atomic E-state index is 11.9. The van der Waals surface area contributed by atoms with Crippen molar-refractivity contribution in [2.24, 2.45) is 11.1 Å². The van der Waals surface area contributed by atoms with Crippen LogP contribution in [0.1, 0.15) is 52.9 Å². The maximum Gasteiger partial charge on any atom is 0.240 e. The van der Waals surface area contributed by atoms with Crippen molar-refractivity contribution in [2.45, 2.75) is 64.5 Å². The van der Waals surface area contributed by atoms with E-state index in [0.717, 1.165) is 25.7 Å². The van der Waals surface area contributed by atoms with Gasteiger partial charge in [-0.05, 0) is 24.7 Å². The van der Waals surface area contributed by atoms with Crippen LogP contribution in [0.15, 0.2) is 0 Å². The van der Waals surface area contributed by atoms with Crippen molar-refractivity contribution in [1.82, 2.24) is 5.32 Å². The number of aliphatic hydroxyl groups excluding tert-OH is 1. The van der Waals surface area contributed by atoms with Crippen LogP contribution in [0.2, 0.25) is 0 Å². The van der Waals surface area contributed by atoms with Gasteiger partial charge in [0, 0.05) is 6.54 Å².